The largest absolute Gasteiger partial charge is 0.478 e. The molecule has 1 N–H and O–H groups in total. The summed E-state index contributed by atoms with van der Waals surface area (Å²) in [4.78, 5) is 26.1. The number of likely N-dealkylation sites (tertiary alicyclic amines) is 1. The quantitative estimate of drug-likeness (QED) is 0.865. The second kappa shape index (κ2) is 7.88. The van der Waals surface area contributed by atoms with E-state index in [2.05, 4.69) is 5.10 Å². The summed E-state index contributed by atoms with van der Waals surface area (Å²) in [5.74, 6) is -0.910. The fraction of sp³-hybridized carbons (Fsp3) is 0.737. The molecule has 0 aliphatic carbocycles. The molecule has 8 nitrogen and oxygen atoms in total. The molecule has 1 atom stereocenters. The van der Waals surface area contributed by atoms with Gasteiger partial charge in [0.05, 0.1) is 5.69 Å². The zero-order valence-corrected chi connectivity index (χ0v) is 16.3. The minimum Gasteiger partial charge on any atom is -0.478 e. The average molecular weight is 379 g/mol. The van der Waals surface area contributed by atoms with Gasteiger partial charge in [0.2, 0.25) is 0 Å². The van der Waals surface area contributed by atoms with E-state index in [0.29, 0.717) is 25.5 Å². The summed E-state index contributed by atoms with van der Waals surface area (Å²) in [6.45, 7) is 7.32. The van der Waals surface area contributed by atoms with E-state index in [1.165, 1.54) is 0 Å². The van der Waals surface area contributed by atoms with E-state index in [9.17, 15) is 14.7 Å². The number of carbonyl (C=O) groups excluding carboxylic acids is 1. The normalized spacial score (nSPS) is 21.9. The van der Waals surface area contributed by atoms with Gasteiger partial charge in [-0.1, -0.05) is 0 Å². The standard InChI is InChI=1S/C19H29N3O5/c1-19(2,3)27-18(25)21-9-5-4-6-15(21)22-12-14(17(23)24)16(20-22)13-7-10-26-11-8-13/h12-13,15H,4-11H2,1-3H3,(H,23,24). The summed E-state index contributed by atoms with van der Waals surface area (Å²) in [6.07, 6.45) is 4.98. The summed E-state index contributed by atoms with van der Waals surface area (Å²) >= 11 is 0. The molecule has 150 valence electrons. The first-order valence-electron chi connectivity index (χ1n) is 9.66. The van der Waals surface area contributed by atoms with Gasteiger partial charge in [-0.05, 0) is 52.9 Å². The lowest BCUT2D eigenvalue weighted by Crippen LogP contribution is -2.44. The Bertz CT molecular complexity index is 688. The summed E-state index contributed by atoms with van der Waals surface area (Å²) in [7, 11) is 0. The van der Waals surface area contributed by atoms with Crippen molar-refractivity contribution in [3.05, 3.63) is 17.5 Å². The van der Waals surface area contributed by atoms with Gasteiger partial charge in [-0.25, -0.2) is 14.3 Å². The second-order valence-corrected chi connectivity index (χ2v) is 8.25. The van der Waals surface area contributed by atoms with Crippen molar-refractivity contribution < 1.29 is 24.2 Å². The molecule has 1 aromatic rings. The first kappa shape index (κ1) is 19.7. The number of carbonyl (C=O) groups is 2. The minimum atomic E-state index is -0.984. The van der Waals surface area contributed by atoms with Crippen LogP contribution in [0.5, 0.6) is 0 Å². The van der Waals surface area contributed by atoms with Crippen LogP contribution in [-0.4, -0.2) is 57.2 Å². The third kappa shape index (κ3) is 4.61. The Hall–Kier alpha value is -2.09. The molecule has 1 amide bonds. The SMILES string of the molecule is CC(C)(C)OC(=O)N1CCCCC1n1cc(C(=O)O)c(C2CCOCC2)n1. The van der Waals surface area contributed by atoms with Crippen molar-refractivity contribution in [3.63, 3.8) is 0 Å². The molecule has 3 heterocycles. The predicted molar refractivity (Wildman–Crippen MR) is 97.8 cm³/mol. The number of ether oxygens (including phenoxy) is 2. The highest BCUT2D eigenvalue weighted by Gasteiger charge is 2.34. The number of hydrogen-bond donors (Lipinski definition) is 1. The van der Waals surface area contributed by atoms with Gasteiger partial charge in [-0.3, -0.25) is 4.90 Å². The molecule has 0 saturated carbocycles. The van der Waals surface area contributed by atoms with Crippen molar-refractivity contribution in [2.45, 2.75) is 70.6 Å². The number of carboxylic acids is 1. The van der Waals surface area contributed by atoms with Crippen LogP contribution in [0.25, 0.3) is 0 Å². The van der Waals surface area contributed by atoms with Crippen LogP contribution in [0.3, 0.4) is 0 Å². The maximum atomic E-state index is 12.7. The van der Waals surface area contributed by atoms with Crippen LogP contribution in [0.4, 0.5) is 4.79 Å². The van der Waals surface area contributed by atoms with Gasteiger partial charge in [0, 0.05) is 31.9 Å². The number of carboxylic acid groups (broad SMARTS) is 1. The minimum absolute atomic E-state index is 0.0738. The highest BCUT2D eigenvalue weighted by atomic mass is 16.6. The Balaban J connectivity index is 1.88. The number of nitrogens with zero attached hydrogens (tertiary/aromatic N) is 3. The molecule has 8 heteroatoms. The number of rotatable bonds is 3. The van der Waals surface area contributed by atoms with Gasteiger partial charge < -0.3 is 14.6 Å². The molecule has 1 aromatic heterocycles. The second-order valence-electron chi connectivity index (χ2n) is 8.25. The third-order valence-electron chi connectivity index (χ3n) is 5.00. The smallest absolute Gasteiger partial charge is 0.411 e. The van der Waals surface area contributed by atoms with Gasteiger partial charge in [-0.2, -0.15) is 5.10 Å². The van der Waals surface area contributed by atoms with Gasteiger partial charge in [0.25, 0.3) is 0 Å². The number of amides is 1. The van der Waals surface area contributed by atoms with Crippen molar-refractivity contribution in [1.29, 1.82) is 0 Å². The van der Waals surface area contributed by atoms with Gasteiger partial charge in [-0.15, -0.1) is 0 Å². The van der Waals surface area contributed by atoms with Crippen molar-refractivity contribution in [2.24, 2.45) is 0 Å². The molecule has 2 saturated heterocycles. The Labute approximate surface area is 159 Å². The maximum absolute atomic E-state index is 12.7. The Kier molecular flexibility index (Phi) is 5.74. The van der Waals surface area contributed by atoms with Gasteiger partial charge in [0.15, 0.2) is 0 Å². The molecule has 0 aromatic carbocycles. The lowest BCUT2D eigenvalue weighted by atomic mass is 9.94. The first-order chi connectivity index (χ1) is 12.8. The predicted octanol–water partition coefficient (Wildman–Crippen LogP) is 3.39. The third-order valence-corrected chi connectivity index (χ3v) is 5.00. The molecule has 27 heavy (non-hydrogen) atoms. The van der Waals surface area contributed by atoms with E-state index in [1.54, 1.807) is 15.8 Å². The fourth-order valence-corrected chi connectivity index (χ4v) is 3.72. The molecule has 0 radical (unpaired) electrons. The zero-order valence-electron chi connectivity index (χ0n) is 16.3. The Morgan fingerprint density at radius 1 is 1.22 bits per heavy atom. The van der Waals surface area contributed by atoms with E-state index in [1.807, 2.05) is 20.8 Å². The van der Waals surface area contributed by atoms with Gasteiger partial charge >= 0.3 is 12.1 Å². The molecule has 2 aliphatic rings. The van der Waals surface area contributed by atoms with E-state index in [0.717, 1.165) is 32.1 Å². The average Bonchev–Trinajstić information content (AvgIpc) is 3.06. The van der Waals surface area contributed by atoms with Crippen LogP contribution in [0.15, 0.2) is 6.20 Å². The fourth-order valence-electron chi connectivity index (χ4n) is 3.72. The van der Waals surface area contributed by atoms with Crippen molar-refractivity contribution in [3.8, 4) is 0 Å². The topological polar surface area (TPSA) is 93.9 Å². The molecule has 0 spiro atoms. The zero-order chi connectivity index (χ0) is 19.6. The van der Waals surface area contributed by atoms with Crippen LogP contribution in [0.1, 0.15) is 81.0 Å². The highest BCUT2D eigenvalue weighted by molar-refractivity contribution is 5.88. The molecule has 0 bridgehead atoms. The van der Waals surface area contributed by atoms with Crippen molar-refractivity contribution >= 4 is 12.1 Å². The van der Waals surface area contributed by atoms with Gasteiger partial charge in [0.1, 0.15) is 17.3 Å². The lowest BCUT2D eigenvalue weighted by molar-refractivity contribution is -0.00359. The molecular formula is C19H29N3O5. The number of hydrogen-bond acceptors (Lipinski definition) is 5. The van der Waals surface area contributed by atoms with Crippen LogP contribution in [-0.2, 0) is 9.47 Å². The monoisotopic (exact) mass is 379 g/mol. The van der Waals surface area contributed by atoms with E-state index >= 15 is 0 Å². The number of piperidine rings is 1. The van der Waals surface area contributed by atoms with E-state index in [4.69, 9.17) is 9.47 Å². The van der Waals surface area contributed by atoms with E-state index in [-0.39, 0.29) is 23.7 Å². The molecule has 2 fully saturated rings. The Morgan fingerprint density at radius 2 is 1.93 bits per heavy atom. The van der Waals surface area contributed by atoms with Crippen molar-refractivity contribution in [1.82, 2.24) is 14.7 Å². The van der Waals surface area contributed by atoms with Crippen molar-refractivity contribution in [2.75, 3.05) is 19.8 Å². The molecule has 2 aliphatic heterocycles. The lowest BCUT2D eigenvalue weighted by Gasteiger charge is -2.36. The summed E-state index contributed by atoms with van der Waals surface area (Å²) in [6, 6.07) is 0. The summed E-state index contributed by atoms with van der Waals surface area (Å²) < 4.78 is 12.6. The molecule has 3 rings (SSSR count). The van der Waals surface area contributed by atoms with Crippen LogP contribution in [0, 0.1) is 0 Å². The maximum Gasteiger partial charge on any atom is 0.411 e. The number of aromatic carboxylic acids is 1. The summed E-state index contributed by atoms with van der Waals surface area (Å²) in [5, 5.41) is 14.3. The van der Waals surface area contributed by atoms with Crippen LogP contribution in [0.2, 0.25) is 0 Å². The van der Waals surface area contributed by atoms with Crippen LogP contribution >= 0.6 is 0 Å². The Morgan fingerprint density at radius 3 is 2.56 bits per heavy atom. The summed E-state index contributed by atoms with van der Waals surface area (Å²) in [5.41, 5.74) is 0.236. The molecule has 1 unspecified atom stereocenters. The first-order valence-corrected chi connectivity index (χ1v) is 9.66. The van der Waals surface area contributed by atoms with Crippen LogP contribution < -0.4 is 0 Å². The molecular weight excluding hydrogens is 350 g/mol. The number of aromatic nitrogens is 2. The van der Waals surface area contributed by atoms with E-state index < -0.39 is 11.6 Å². The highest BCUT2D eigenvalue weighted by Crippen LogP contribution is 2.32.